The van der Waals surface area contributed by atoms with Crippen molar-refractivity contribution in [3.63, 3.8) is 0 Å². The van der Waals surface area contributed by atoms with Gasteiger partial charge in [-0.25, -0.2) is 4.57 Å². The van der Waals surface area contributed by atoms with Gasteiger partial charge in [-0.2, -0.15) is 0 Å². The first-order valence-electron chi connectivity index (χ1n) is 24.9. The van der Waals surface area contributed by atoms with E-state index in [2.05, 4.69) is 61.5 Å². The number of phosphoric acid groups is 1. The van der Waals surface area contributed by atoms with Crippen molar-refractivity contribution in [2.45, 2.75) is 171 Å². The van der Waals surface area contributed by atoms with E-state index in [0.717, 1.165) is 74.0 Å². The van der Waals surface area contributed by atoms with Crippen molar-refractivity contribution in [3.8, 4) is 0 Å². The number of phosphoric ester groups is 1. The van der Waals surface area contributed by atoms with Gasteiger partial charge in [0, 0.05) is 25.4 Å². The molecule has 0 amide bonds. The monoisotopic (exact) mass is 881 g/mol. The summed E-state index contributed by atoms with van der Waals surface area (Å²) in [5, 5.41) is 0. The highest BCUT2D eigenvalue weighted by atomic mass is 31.2. The predicted molar refractivity (Wildman–Crippen MR) is 242 cm³/mol. The minimum absolute atomic E-state index is 0.0213. The number of carbonyl (C=O) groups is 1. The summed E-state index contributed by atoms with van der Waals surface area (Å²) in [5.74, 6) is 5.81. The molecule has 0 aromatic carbocycles. The number of hydrogen-bond donors (Lipinski definition) is 1. The Morgan fingerprint density at radius 1 is 0.803 bits per heavy atom. The lowest BCUT2D eigenvalue weighted by Gasteiger charge is -2.58. The molecule has 11 heteroatoms. The van der Waals surface area contributed by atoms with Gasteiger partial charge in [0.05, 0.1) is 59.0 Å². The summed E-state index contributed by atoms with van der Waals surface area (Å²) < 4.78 is 52.0. The van der Waals surface area contributed by atoms with E-state index in [0.29, 0.717) is 70.6 Å². The number of rotatable bonds is 27. The van der Waals surface area contributed by atoms with Gasteiger partial charge >= 0.3 is 13.8 Å². The van der Waals surface area contributed by atoms with Crippen LogP contribution in [0.15, 0.2) is 11.6 Å². The molecule has 1 N–H and O–H groups in total. The Labute approximate surface area is 371 Å². The second-order valence-corrected chi connectivity index (χ2v) is 22.9. The molecular formula is C50H89O10P. The third kappa shape index (κ3) is 14.3. The first kappa shape index (κ1) is 51.1. The zero-order valence-corrected chi connectivity index (χ0v) is 40.9. The van der Waals surface area contributed by atoms with Gasteiger partial charge in [-0.1, -0.05) is 93.2 Å². The highest BCUT2D eigenvalue weighted by Gasteiger charge is 2.59. The highest BCUT2D eigenvalue weighted by Crippen LogP contribution is 2.67. The molecule has 0 aromatic rings. The molecule has 0 radical (unpaired) electrons. The maximum atomic E-state index is 12.9. The van der Waals surface area contributed by atoms with E-state index in [1.807, 2.05) is 6.92 Å². The minimum Gasteiger partial charge on any atom is -0.462 e. The second-order valence-electron chi connectivity index (χ2n) is 21.5. The van der Waals surface area contributed by atoms with Crippen LogP contribution >= 0.6 is 7.82 Å². The number of esters is 1. The molecule has 4 saturated carbocycles. The van der Waals surface area contributed by atoms with E-state index in [9.17, 15) is 14.3 Å². The summed E-state index contributed by atoms with van der Waals surface area (Å²) >= 11 is 0. The molecular weight excluding hydrogens is 792 g/mol. The van der Waals surface area contributed by atoms with Crippen LogP contribution in [0.1, 0.15) is 159 Å². The van der Waals surface area contributed by atoms with Crippen molar-refractivity contribution in [2.24, 2.45) is 70.0 Å². The Kier molecular flexibility index (Phi) is 20.2. The van der Waals surface area contributed by atoms with E-state index in [-0.39, 0.29) is 48.0 Å². The largest absolute Gasteiger partial charge is 0.472 e. The lowest BCUT2D eigenvalue weighted by atomic mass is 9.47. The fraction of sp³-hybridized carbons (Fsp3) is 0.940. The Hall–Kier alpha value is -0.840. The molecule has 5 rings (SSSR count). The lowest BCUT2D eigenvalue weighted by molar-refractivity contribution is -0.151. The summed E-state index contributed by atoms with van der Waals surface area (Å²) in [6.45, 7) is 24.6. The number of unbranched alkanes of at least 4 members (excludes halogenated alkanes) is 1. The second kappa shape index (κ2) is 24.1. The quantitative estimate of drug-likeness (QED) is 0.0370. The highest BCUT2D eigenvalue weighted by molar-refractivity contribution is 7.47. The topological polar surface area (TPSA) is 119 Å². The summed E-state index contributed by atoms with van der Waals surface area (Å²) in [7, 11) is -4.12. The van der Waals surface area contributed by atoms with Gasteiger partial charge < -0.3 is 28.6 Å². The maximum Gasteiger partial charge on any atom is 0.472 e. The van der Waals surface area contributed by atoms with Crippen molar-refractivity contribution >= 4 is 13.8 Å². The van der Waals surface area contributed by atoms with Crippen LogP contribution in [-0.4, -0.2) is 82.5 Å². The van der Waals surface area contributed by atoms with Gasteiger partial charge in [0.1, 0.15) is 6.10 Å². The van der Waals surface area contributed by atoms with Crippen LogP contribution in [0.2, 0.25) is 0 Å². The Morgan fingerprint density at radius 3 is 2.16 bits per heavy atom. The van der Waals surface area contributed by atoms with E-state index in [1.54, 1.807) is 5.57 Å². The Bertz CT molecular complexity index is 1410. The molecule has 11 unspecified atom stereocenters. The van der Waals surface area contributed by atoms with E-state index >= 15 is 0 Å². The van der Waals surface area contributed by atoms with Crippen molar-refractivity contribution < 1.29 is 47.0 Å². The zero-order valence-electron chi connectivity index (χ0n) is 40.0. The fourth-order valence-corrected chi connectivity index (χ4v) is 14.1. The predicted octanol–water partition coefficient (Wildman–Crippen LogP) is 11.6. The van der Waals surface area contributed by atoms with Crippen LogP contribution < -0.4 is 0 Å². The van der Waals surface area contributed by atoms with Crippen LogP contribution in [0.25, 0.3) is 0 Å². The number of fused-ring (bicyclic) bond motifs is 5. The Morgan fingerprint density at radius 2 is 1.49 bits per heavy atom. The van der Waals surface area contributed by atoms with Gasteiger partial charge in [-0.05, 0) is 128 Å². The fourth-order valence-electron chi connectivity index (χ4n) is 12.8. The van der Waals surface area contributed by atoms with E-state index < -0.39 is 7.82 Å². The maximum absolute atomic E-state index is 12.9. The molecule has 0 heterocycles. The first-order chi connectivity index (χ1) is 29.0. The van der Waals surface area contributed by atoms with Crippen molar-refractivity contribution in [1.29, 1.82) is 0 Å². The van der Waals surface area contributed by atoms with Gasteiger partial charge in [-0.3, -0.25) is 13.8 Å². The summed E-state index contributed by atoms with van der Waals surface area (Å²) in [4.78, 5) is 23.1. The van der Waals surface area contributed by atoms with Gasteiger partial charge in [0.2, 0.25) is 0 Å². The number of hydrogen-bond acceptors (Lipinski definition) is 9. The first-order valence-corrected chi connectivity index (χ1v) is 26.4. The summed E-state index contributed by atoms with van der Waals surface area (Å²) in [5.41, 5.74) is 2.37. The Balaban J connectivity index is 0.841. The van der Waals surface area contributed by atoms with E-state index in [4.69, 9.17) is 32.7 Å². The molecule has 4 fully saturated rings. The molecule has 0 saturated heterocycles. The molecule has 61 heavy (non-hydrogen) atoms. The zero-order chi connectivity index (χ0) is 44.2. The summed E-state index contributed by atoms with van der Waals surface area (Å²) in [6, 6.07) is 0. The smallest absolute Gasteiger partial charge is 0.462 e. The number of ether oxygens (including phenoxy) is 5. The normalized spacial score (nSPS) is 35.5. The molecule has 0 aromatic heterocycles. The number of carbonyl (C=O) groups excluding carboxylic acids is 1. The van der Waals surface area contributed by atoms with Gasteiger partial charge in [-0.15, -0.1) is 0 Å². The standard InChI is InChI=1S/C50H89O10P/c1-35(2)13-12-14-37(4)44-18-19-45-43-17-16-41-32-42(20-22-49(41,8)46(43)21-23-50(44,45)9)59-47(51)15-10-11-24-54-25-26-55-27-28-56-29-30-57-33-36(3)34-58-61(52,53)60-48-39(6)31-38(5)40(48)7/h16,35-40,42-46,48H,10-15,17-34H2,1-9H3,(H,52,53)/t36?,37?,38-,39+,40?,42?,43?,44?,45?,46?,48+,49?,50?/m1/s1. The third-order valence-electron chi connectivity index (χ3n) is 16.5. The third-order valence-corrected chi connectivity index (χ3v) is 17.5. The molecule has 5 aliphatic carbocycles. The van der Waals surface area contributed by atoms with Gasteiger partial charge in [0.15, 0.2) is 0 Å². The minimum atomic E-state index is -4.12. The lowest BCUT2D eigenvalue weighted by Crippen LogP contribution is -2.51. The van der Waals surface area contributed by atoms with Crippen LogP contribution in [0.3, 0.4) is 0 Å². The van der Waals surface area contributed by atoms with Crippen molar-refractivity contribution in [1.82, 2.24) is 0 Å². The average Bonchev–Trinajstić information content (AvgIpc) is 3.68. The van der Waals surface area contributed by atoms with E-state index in [1.165, 1.54) is 51.4 Å². The average molecular weight is 881 g/mol. The molecule has 0 bridgehead atoms. The summed E-state index contributed by atoms with van der Waals surface area (Å²) in [6.07, 6.45) is 19.5. The molecule has 0 spiro atoms. The molecule has 0 aliphatic heterocycles. The van der Waals surface area contributed by atoms with Gasteiger partial charge in [0.25, 0.3) is 0 Å². The molecule has 5 aliphatic rings. The van der Waals surface area contributed by atoms with Crippen LogP contribution in [0.4, 0.5) is 0 Å². The van der Waals surface area contributed by atoms with Crippen molar-refractivity contribution in [2.75, 3.05) is 59.5 Å². The van der Waals surface area contributed by atoms with Crippen LogP contribution in [-0.2, 0) is 42.1 Å². The van der Waals surface area contributed by atoms with Crippen LogP contribution in [0.5, 0.6) is 0 Å². The SMILES string of the molecule is CC(C)CCCC(C)C1CCC2C3CC=C4CC(OC(=O)CCCCOCCOCCOCCOCC(C)COP(=O)(O)O[C@@H]5C(C)[C@H](C)C[C@@H]5C)CCC4(C)C3CCC12C. The molecule has 354 valence electrons. The number of allylic oxidation sites excluding steroid dienone is 1. The molecule has 14 atom stereocenters. The van der Waals surface area contributed by atoms with Crippen LogP contribution in [0, 0.1) is 70.0 Å². The van der Waals surface area contributed by atoms with Crippen molar-refractivity contribution in [3.05, 3.63) is 11.6 Å². The molecule has 10 nitrogen and oxygen atoms in total.